The molecule has 2 atom stereocenters. The Morgan fingerprint density at radius 3 is 1.46 bits per heavy atom. The quantitative estimate of drug-likeness (QED) is 0.0300. The van der Waals surface area contributed by atoms with Crippen molar-refractivity contribution in [1.82, 2.24) is 0 Å². The van der Waals surface area contributed by atoms with Gasteiger partial charge in [-0.3, -0.25) is 9.59 Å². The molecule has 0 aromatic heterocycles. The molecule has 48 heavy (non-hydrogen) atoms. The number of carbonyl (C=O) groups excluding carboxylic acids is 2. The SMILES string of the molecule is CC/C=C/CC(O)/C=C/C=C/CCCCCCCC(=O)OC[C@H](O)COC(=O)CCCCCCCCCCCCCCCCCC(C)C. The second kappa shape index (κ2) is 36.4. The third kappa shape index (κ3) is 36.9. The van der Waals surface area contributed by atoms with Gasteiger partial charge in [-0.05, 0) is 44.4 Å². The molecule has 0 rings (SSSR count). The lowest BCUT2D eigenvalue weighted by molar-refractivity contribution is -0.152. The van der Waals surface area contributed by atoms with Gasteiger partial charge in [0.15, 0.2) is 0 Å². The summed E-state index contributed by atoms with van der Waals surface area (Å²) in [5.74, 6) is 0.237. The van der Waals surface area contributed by atoms with Gasteiger partial charge in [-0.2, -0.15) is 0 Å². The Hall–Kier alpha value is -1.92. The number of hydrogen-bond acceptors (Lipinski definition) is 6. The van der Waals surface area contributed by atoms with Crippen LogP contribution in [0.15, 0.2) is 36.5 Å². The first-order chi connectivity index (χ1) is 23.3. The van der Waals surface area contributed by atoms with Crippen molar-refractivity contribution in [2.75, 3.05) is 13.2 Å². The highest BCUT2D eigenvalue weighted by Crippen LogP contribution is 2.15. The van der Waals surface area contributed by atoms with E-state index in [-0.39, 0.29) is 25.2 Å². The molecule has 0 aromatic carbocycles. The zero-order chi connectivity index (χ0) is 35.3. The van der Waals surface area contributed by atoms with Gasteiger partial charge < -0.3 is 19.7 Å². The summed E-state index contributed by atoms with van der Waals surface area (Å²) in [5, 5.41) is 19.8. The topological polar surface area (TPSA) is 93.1 Å². The van der Waals surface area contributed by atoms with Gasteiger partial charge in [0.05, 0.1) is 6.10 Å². The minimum atomic E-state index is -0.985. The van der Waals surface area contributed by atoms with Gasteiger partial charge in [0.1, 0.15) is 19.3 Å². The number of esters is 2. The molecule has 0 aliphatic rings. The number of allylic oxidation sites excluding steroid dienone is 4. The van der Waals surface area contributed by atoms with Crippen LogP contribution < -0.4 is 0 Å². The molecule has 280 valence electrons. The lowest BCUT2D eigenvalue weighted by Crippen LogP contribution is -2.25. The van der Waals surface area contributed by atoms with E-state index in [2.05, 4.69) is 32.9 Å². The van der Waals surface area contributed by atoms with Crippen LogP contribution in [0.4, 0.5) is 0 Å². The molecule has 0 radical (unpaired) electrons. The van der Waals surface area contributed by atoms with E-state index < -0.39 is 12.2 Å². The fraction of sp³-hybridized carbons (Fsp3) is 0.810. The Bertz CT molecular complexity index is 802. The summed E-state index contributed by atoms with van der Waals surface area (Å²) in [6, 6.07) is 0. The third-order valence-corrected chi connectivity index (χ3v) is 8.65. The highest BCUT2D eigenvalue weighted by molar-refractivity contribution is 5.69. The van der Waals surface area contributed by atoms with E-state index in [4.69, 9.17) is 9.47 Å². The molecule has 6 heteroatoms. The van der Waals surface area contributed by atoms with E-state index in [9.17, 15) is 19.8 Å². The highest BCUT2D eigenvalue weighted by Gasteiger charge is 2.12. The van der Waals surface area contributed by atoms with Gasteiger partial charge >= 0.3 is 11.9 Å². The molecule has 1 unspecified atom stereocenters. The highest BCUT2D eigenvalue weighted by atomic mass is 16.6. The monoisotopic (exact) mass is 677 g/mol. The number of carbonyl (C=O) groups is 2. The maximum atomic E-state index is 12.0. The molecule has 0 bridgehead atoms. The van der Waals surface area contributed by atoms with Crippen LogP contribution in [0.5, 0.6) is 0 Å². The summed E-state index contributed by atoms with van der Waals surface area (Å²) < 4.78 is 10.3. The zero-order valence-electron chi connectivity index (χ0n) is 31.5. The molecule has 6 nitrogen and oxygen atoms in total. The van der Waals surface area contributed by atoms with Crippen molar-refractivity contribution < 1.29 is 29.3 Å². The second-order valence-corrected chi connectivity index (χ2v) is 14.1. The minimum Gasteiger partial charge on any atom is -0.463 e. The summed E-state index contributed by atoms with van der Waals surface area (Å²) >= 11 is 0. The van der Waals surface area contributed by atoms with Crippen LogP contribution in [-0.4, -0.2) is 47.6 Å². The number of hydrogen-bond donors (Lipinski definition) is 2. The number of rotatable bonds is 35. The fourth-order valence-corrected chi connectivity index (χ4v) is 5.60. The molecule has 0 aliphatic heterocycles. The normalized spacial score (nSPS) is 13.3. The Labute approximate surface area is 296 Å². The first kappa shape index (κ1) is 46.1. The van der Waals surface area contributed by atoms with E-state index in [0.29, 0.717) is 19.3 Å². The van der Waals surface area contributed by atoms with Crippen LogP contribution in [0, 0.1) is 5.92 Å². The Balaban J connectivity index is 3.48. The van der Waals surface area contributed by atoms with Crippen LogP contribution >= 0.6 is 0 Å². The molecule has 0 saturated heterocycles. The molecule has 0 amide bonds. The molecule has 2 N–H and O–H groups in total. The molecule has 0 fully saturated rings. The van der Waals surface area contributed by atoms with Crippen molar-refractivity contribution in [3.05, 3.63) is 36.5 Å². The largest absolute Gasteiger partial charge is 0.463 e. The van der Waals surface area contributed by atoms with E-state index in [1.807, 2.05) is 24.3 Å². The van der Waals surface area contributed by atoms with Crippen LogP contribution in [0.1, 0.15) is 188 Å². The number of ether oxygens (including phenoxy) is 2. The Morgan fingerprint density at radius 1 is 0.562 bits per heavy atom. The summed E-state index contributed by atoms with van der Waals surface area (Å²) in [6.45, 7) is 6.43. The van der Waals surface area contributed by atoms with Crippen LogP contribution in [-0.2, 0) is 19.1 Å². The average molecular weight is 677 g/mol. The molecule has 0 aliphatic carbocycles. The fourth-order valence-electron chi connectivity index (χ4n) is 5.60. The summed E-state index contributed by atoms with van der Waals surface area (Å²) in [5.41, 5.74) is 0. The predicted octanol–water partition coefficient (Wildman–Crippen LogP) is 11.3. The molecular formula is C42H76O6. The van der Waals surface area contributed by atoms with Crippen molar-refractivity contribution in [2.45, 2.75) is 200 Å². The molecule has 0 aromatic rings. The third-order valence-electron chi connectivity index (χ3n) is 8.65. The van der Waals surface area contributed by atoms with Crippen molar-refractivity contribution in [1.29, 1.82) is 0 Å². The van der Waals surface area contributed by atoms with Gasteiger partial charge in [0, 0.05) is 12.8 Å². The lowest BCUT2D eigenvalue weighted by Gasteiger charge is -2.12. The number of aliphatic hydroxyl groups is 2. The maximum absolute atomic E-state index is 12.0. The van der Waals surface area contributed by atoms with Gasteiger partial charge in [0.25, 0.3) is 0 Å². The summed E-state index contributed by atoms with van der Waals surface area (Å²) in [6.07, 6.45) is 39.6. The lowest BCUT2D eigenvalue weighted by atomic mass is 10.0. The smallest absolute Gasteiger partial charge is 0.305 e. The van der Waals surface area contributed by atoms with Gasteiger partial charge in [0.2, 0.25) is 0 Å². The Morgan fingerprint density at radius 2 is 1.00 bits per heavy atom. The van der Waals surface area contributed by atoms with Gasteiger partial charge in [-0.25, -0.2) is 0 Å². The van der Waals surface area contributed by atoms with E-state index in [0.717, 1.165) is 70.1 Å². The number of aliphatic hydroxyl groups excluding tert-OH is 2. The van der Waals surface area contributed by atoms with Crippen molar-refractivity contribution >= 4 is 11.9 Å². The average Bonchev–Trinajstić information content (AvgIpc) is 3.06. The molecule has 0 spiro atoms. The van der Waals surface area contributed by atoms with Crippen molar-refractivity contribution in [3.8, 4) is 0 Å². The Kier molecular flexibility index (Phi) is 34.9. The van der Waals surface area contributed by atoms with E-state index in [1.165, 1.54) is 83.5 Å². The van der Waals surface area contributed by atoms with Crippen LogP contribution in [0.3, 0.4) is 0 Å². The standard InChI is InChI=1S/C42H76O6/c1-4-5-26-32-39(43)33-28-23-19-15-13-17-21-25-30-35-42(46)48-37-40(44)36-47-41(45)34-29-24-20-16-12-10-8-6-7-9-11-14-18-22-27-31-38(2)3/h5,19,23,26,28,33,38-40,43-44H,4,6-18,20-22,24-25,27,29-32,34-37H2,1-3H3/b23-19+,26-5+,33-28+/t39?,40-/m1/s1. The van der Waals surface area contributed by atoms with Crippen molar-refractivity contribution in [3.63, 3.8) is 0 Å². The van der Waals surface area contributed by atoms with E-state index in [1.54, 1.807) is 0 Å². The van der Waals surface area contributed by atoms with Gasteiger partial charge in [-0.1, -0.05) is 173 Å². The molecule has 0 saturated carbocycles. The first-order valence-corrected chi connectivity index (χ1v) is 20.0. The maximum Gasteiger partial charge on any atom is 0.305 e. The molecule has 0 heterocycles. The number of unbranched alkanes of at least 4 members (excludes halogenated alkanes) is 19. The second-order valence-electron chi connectivity index (χ2n) is 14.1. The first-order valence-electron chi connectivity index (χ1n) is 20.0. The van der Waals surface area contributed by atoms with Crippen molar-refractivity contribution in [2.24, 2.45) is 5.92 Å². The summed E-state index contributed by atoms with van der Waals surface area (Å²) in [7, 11) is 0. The van der Waals surface area contributed by atoms with Crippen LogP contribution in [0.2, 0.25) is 0 Å². The molecular weight excluding hydrogens is 600 g/mol. The van der Waals surface area contributed by atoms with E-state index >= 15 is 0 Å². The predicted molar refractivity (Wildman–Crippen MR) is 202 cm³/mol. The zero-order valence-corrected chi connectivity index (χ0v) is 31.5. The van der Waals surface area contributed by atoms with Gasteiger partial charge in [-0.15, -0.1) is 0 Å². The summed E-state index contributed by atoms with van der Waals surface area (Å²) in [4.78, 5) is 23.9. The minimum absolute atomic E-state index is 0.133. The van der Waals surface area contributed by atoms with Crippen LogP contribution in [0.25, 0.3) is 0 Å².